The molecule has 0 saturated heterocycles. The Morgan fingerprint density at radius 1 is 0.679 bits per heavy atom. The fraction of sp³-hybridized carbons (Fsp3) is 0.957. The zero-order chi connectivity index (χ0) is 21.1. The molecule has 5 N–H and O–H groups in total. The molecule has 0 spiro atoms. The van der Waals surface area contributed by atoms with Crippen LogP contribution in [0.5, 0.6) is 0 Å². The molecule has 0 aromatic heterocycles. The number of nitrogens with two attached hydrogens (primary N) is 1. The molecule has 2 amide bonds. The minimum atomic E-state index is -0.0292. The van der Waals surface area contributed by atoms with Gasteiger partial charge >= 0.3 is 6.03 Å². The highest BCUT2D eigenvalue weighted by Gasteiger charge is 1.97. The molecule has 0 aliphatic heterocycles. The van der Waals surface area contributed by atoms with Crippen LogP contribution in [0.15, 0.2) is 0 Å². The number of urea groups is 1. The molecule has 0 atom stereocenters. The van der Waals surface area contributed by atoms with E-state index in [0.717, 1.165) is 13.0 Å². The van der Waals surface area contributed by atoms with Gasteiger partial charge in [-0.15, -0.1) is 0 Å². The van der Waals surface area contributed by atoms with Gasteiger partial charge in [-0.25, -0.2) is 4.79 Å². The van der Waals surface area contributed by atoms with Crippen molar-refractivity contribution in [2.45, 2.75) is 117 Å². The average molecular weight is 402 g/mol. The third-order valence-corrected chi connectivity index (χ3v) is 4.78. The molecule has 5 heteroatoms. The second-order valence-electron chi connectivity index (χ2n) is 7.60. The Bertz CT molecular complexity index is 287. The number of rotatable bonds is 19. The molecule has 0 aliphatic rings. The van der Waals surface area contributed by atoms with Crippen LogP contribution in [-0.4, -0.2) is 37.4 Å². The molecule has 0 bridgehead atoms. The van der Waals surface area contributed by atoms with Gasteiger partial charge in [0.2, 0.25) is 0 Å². The lowest BCUT2D eigenvalue weighted by atomic mass is 10.0. The Morgan fingerprint density at radius 3 is 1.36 bits per heavy atom. The molecular weight excluding hydrogens is 350 g/mol. The lowest BCUT2D eigenvalue weighted by molar-refractivity contribution is 0.241. The molecule has 0 aliphatic carbocycles. The topological polar surface area (TPSA) is 87.4 Å². The Kier molecular flexibility index (Phi) is 29.8. The maximum absolute atomic E-state index is 11.2. The van der Waals surface area contributed by atoms with E-state index >= 15 is 0 Å². The van der Waals surface area contributed by atoms with Crippen molar-refractivity contribution < 1.29 is 9.90 Å². The number of unbranched alkanes of at least 4 members (excludes halogenated alkanes) is 15. The van der Waals surface area contributed by atoms with E-state index in [0.29, 0.717) is 13.1 Å². The number of aliphatic hydroxyl groups is 1. The second-order valence-corrected chi connectivity index (χ2v) is 7.60. The molecular formula is C23H51N3O2. The number of hydrogen-bond acceptors (Lipinski definition) is 3. The number of hydrogen-bond donors (Lipinski definition) is 4. The van der Waals surface area contributed by atoms with Gasteiger partial charge in [0.25, 0.3) is 0 Å². The van der Waals surface area contributed by atoms with Crippen LogP contribution >= 0.6 is 0 Å². The predicted octanol–water partition coefficient (Wildman–Crippen LogP) is 5.50. The zero-order valence-corrected chi connectivity index (χ0v) is 19.1. The van der Waals surface area contributed by atoms with Gasteiger partial charge in [0.15, 0.2) is 0 Å². The molecule has 0 rings (SSSR count). The van der Waals surface area contributed by atoms with Crippen LogP contribution in [-0.2, 0) is 0 Å². The molecule has 0 unspecified atom stereocenters. The van der Waals surface area contributed by atoms with Crippen LogP contribution in [0.4, 0.5) is 4.79 Å². The summed E-state index contributed by atoms with van der Waals surface area (Å²) in [5.41, 5.74) is 4.78. The number of carbonyl (C=O) groups excluding carboxylic acids is 1. The lowest BCUT2D eigenvalue weighted by Gasteiger charge is -2.05. The highest BCUT2D eigenvalue weighted by molar-refractivity contribution is 5.73. The van der Waals surface area contributed by atoms with Crippen molar-refractivity contribution in [1.82, 2.24) is 10.6 Å². The largest absolute Gasteiger partial charge is 0.395 e. The molecule has 0 fully saturated rings. The Hall–Kier alpha value is -0.810. The molecule has 170 valence electrons. The summed E-state index contributed by atoms with van der Waals surface area (Å²) in [4.78, 5) is 11.2. The summed E-state index contributed by atoms with van der Waals surface area (Å²) in [6.07, 6.45) is 22.2. The monoisotopic (exact) mass is 401 g/mol. The standard InChI is InChI=1S/C21H44N2O.C2H7NO/c1-3-5-6-7-8-9-10-11-12-13-14-15-16-17-18-19-20-23-21(24)22-4-2;3-1-2-4/h3-20H2,1-2H3,(H2,22,23,24);4H,1-3H2. The number of aliphatic hydroxyl groups excluding tert-OH is 1. The molecule has 0 aromatic carbocycles. The average Bonchev–Trinajstić information content (AvgIpc) is 2.70. The summed E-state index contributed by atoms with van der Waals surface area (Å²) in [6.45, 7) is 6.20. The normalized spacial score (nSPS) is 10.3. The number of carbonyl (C=O) groups is 1. The third-order valence-electron chi connectivity index (χ3n) is 4.78. The first-order valence-electron chi connectivity index (χ1n) is 12.0. The van der Waals surface area contributed by atoms with Crippen LogP contribution in [0.1, 0.15) is 117 Å². The van der Waals surface area contributed by atoms with Crippen molar-refractivity contribution in [3.05, 3.63) is 0 Å². The van der Waals surface area contributed by atoms with Gasteiger partial charge < -0.3 is 21.5 Å². The summed E-state index contributed by atoms with van der Waals surface area (Å²) in [5, 5.41) is 13.4. The molecule has 5 nitrogen and oxygen atoms in total. The summed E-state index contributed by atoms with van der Waals surface area (Å²) < 4.78 is 0. The van der Waals surface area contributed by atoms with Crippen LogP contribution in [0, 0.1) is 0 Å². The van der Waals surface area contributed by atoms with E-state index in [9.17, 15) is 4.79 Å². The molecule has 0 heterocycles. The van der Waals surface area contributed by atoms with Crippen molar-refractivity contribution in [3.63, 3.8) is 0 Å². The summed E-state index contributed by atoms with van der Waals surface area (Å²) >= 11 is 0. The van der Waals surface area contributed by atoms with Crippen molar-refractivity contribution in [3.8, 4) is 0 Å². The maximum Gasteiger partial charge on any atom is 0.314 e. The van der Waals surface area contributed by atoms with Gasteiger partial charge in [0.05, 0.1) is 6.61 Å². The lowest BCUT2D eigenvalue weighted by Crippen LogP contribution is -2.35. The van der Waals surface area contributed by atoms with E-state index in [2.05, 4.69) is 17.6 Å². The fourth-order valence-electron chi connectivity index (χ4n) is 3.10. The van der Waals surface area contributed by atoms with E-state index in [4.69, 9.17) is 10.8 Å². The van der Waals surface area contributed by atoms with Gasteiger partial charge in [-0.1, -0.05) is 103 Å². The zero-order valence-electron chi connectivity index (χ0n) is 19.1. The number of amides is 2. The smallest absolute Gasteiger partial charge is 0.314 e. The van der Waals surface area contributed by atoms with Crippen molar-refractivity contribution >= 4 is 6.03 Å². The van der Waals surface area contributed by atoms with E-state index in [1.807, 2.05) is 6.92 Å². The Morgan fingerprint density at radius 2 is 1.04 bits per heavy atom. The third kappa shape index (κ3) is 29.9. The van der Waals surface area contributed by atoms with Crippen LogP contribution in [0.2, 0.25) is 0 Å². The van der Waals surface area contributed by atoms with Gasteiger partial charge in [0.1, 0.15) is 0 Å². The first kappa shape index (κ1) is 29.4. The Balaban J connectivity index is 0. The van der Waals surface area contributed by atoms with Crippen molar-refractivity contribution in [1.29, 1.82) is 0 Å². The SMILES string of the molecule is CCCCCCCCCCCCCCCCCCNC(=O)NCC.NCCO. The number of nitrogens with one attached hydrogen (secondary N) is 2. The van der Waals surface area contributed by atoms with Crippen molar-refractivity contribution in [2.24, 2.45) is 5.73 Å². The van der Waals surface area contributed by atoms with Crippen LogP contribution in [0.25, 0.3) is 0 Å². The van der Waals surface area contributed by atoms with E-state index in [1.165, 1.54) is 96.3 Å². The fourth-order valence-corrected chi connectivity index (χ4v) is 3.10. The van der Waals surface area contributed by atoms with Gasteiger partial charge in [-0.05, 0) is 13.3 Å². The summed E-state index contributed by atoms with van der Waals surface area (Å²) in [7, 11) is 0. The molecule has 0 radical (unpaired) electrons. The highest BCUT2D eigenvalue weighted by atomic mass is 16.3. The molecule has 28 heavy (non-hydrogen) atoms. The van der Waals surface area contributed by atoms with E-state index < -0.39 is 0 Å². The van der Waals surface area contributed by atoms with Gasteiger partial charge in [-0.3, -0.25) is 0 Å². The molecule has 0 aromatic rings. The second kappa shape index (κ2) is 28.4. The van der Waals surface area contributed by atoms with Crippen LogP contribution in [0.3, 0.4) is 0 Å². The van der Waals surface area contributed by atoms with Gasteiger partial charge in [-0.2, -0.15) is 0 Å². The summed E-state index contributed by atoms with van der Waals surface area (Å²) in [5.74, 6) is 0. The minimum absolute atomic E-state index is 0.0292. The highest BCUT2D eigenvalue weighted by Crippen LogP contribution is 2.13. The maximum atomic E-state index is 11.2. The Labute approximate surface area is 175 Å². The van der Waals surface area contributed by atoms with E-state index in [1.54, 1.807) is 0 Å². The summed E-state index contributed by atoms with van der Waals surface area (Å²) in [6, 6.07) is -0.0292. The van der Waals surface area contributed by atoms with Crippen molar-refractivity contribution in [2.75, 3.05) is 26.2 Å². The quantitative estimate of drug-likeness (QED) is 0.215. The first-order chi connectivity index (χ1) is 13.7. The first-order valence-corrected chi connectivity index (χ1v) is 12.0. The minimum Gasteiger partial charge on any atom is -0.395 e. The van der Waals surface area contributed by atoms with Crippen LogP contribution < -0.4 is 16.4 Å². The van der Waals surface area contributed by atoms with E-state index in [-0.39, 0.29) is 12.6 Å². The predicted molar refractivity (Wildman–Crippen MR) is 123 cm³/mol. The van der Waals surface area contributed by atoms with Gasteiger partial charge in [0, 0.05) is 19.6 Å². The molecule has 0 saturated carbocycles.